The molecule has 0 aromatic heterocycles. The second kappa shape index (κ2) is 9.38. The van der Waals surface area contributed by atoms with Crippen LogP contribution >= 0.6 is 0 Å². The summed E-state index contributed by atoms with van der Waals surface area (Å²) in [6, 6.07) is -0.349. The highest BCUT2D eigenvalue weighted by Crippen LogP contribution is 2.27. The van der Waals surface area contributed by atoms with Crippen LogP contribution in [0.4, 0.5) is 4.79 Å². The molecule has 0 spiro atoms. The van der Waals surface area contributed by atoms with Crippen molar-refractivity contribution >= 4 is 17.6 Å². The summed E-state index contributed by atoms with van der Waals surface area (Å²) in [5.74, 6) is 1.04. The van der Waals surface area contributed by atoms with E-state index in [-0.39, 0.29) is 24.0 Å². The predicted octanol–water partition coefficient (Wildman–Crippen LogP) is 3.26. The van der Waals surface area contributed by atoms with E-state index in [1.807, 2.05) is 9.80 Å². The average molecular weight is 365 g/mol. The maximum atomic E-state index is 12.6. The molecule has 6 heteroatoms. The molecule has 0 aliphatic carbocycles. The van der Waals surface area contributed by atoms with Crippen molar-refractivity contribution in [3.8, 4) is 0 Å². The topological polar surface area (TPSA) is 76.5 Å². The first-order chi connectivity index (χ1) is 12.3. The monoisotopic (exact) mass is 364 g/mol. The number of nitrogens with one attached hydrogen (secondary N) is 2. The Morgan fingerprint density at radius 1 is 1.00 bits per heavy atom. The SMILES string of the molecule is CC(C)CCNC(=O)N1CCCC1C(=N)[C@@H]1CCCN1C(=O)CC(C)C. The van der Waals surface area contributed by atoms with Crippen molar-refractivity contribution in [2.45, 2.75) is 78.3 Å². The minimum absolute atomic E-state index is 0.0593. The van der Waals surface area contributed by atoms with E-state index in [1.165, 1.54) is 0 Å². The Labute approximate surface area is 158 Å². The molecule has 0 aromatic rings. The van der Waals surface area contributed by atoms with Crippen molar-refractivity contribution in [1.82, 2.24) is 15.1 Å². The third kappa shape index (κ3) is 5.21. The summed E-state index contributed by atoms with van der Waals surface area (Å²) in [7, 11) is 0. The molecule has 2 saturated heterocycles. The third-order valence-electron chi connectivity index (χ3n) is 5.39. The highest BCUT2D eigenvalue weighted by molar-refractivity contribution is 5.97. The summed E-state index contributed by atoms with van der Waals surface area (Å²) in [6.45, 7) is 10.5. The summed E-state index contributed by atoms with van der Waals surface area (Å²) in [6.07, 6.45) is 5.05. The molecule has 26 heavy (non-hydrogen) atoms. The highest BCUT2D eigenvalue weighted by atomic mass is 16.2. The Hall–Kier alpha value is -1.59. The van der Waals surface area contributed by atoms with Crippen molar-refractivity contribution < 1.29 is 9.59 Å². The number of amides is 3. The fourth-order valence-corrected chi connectivity index (χ4v) is 3.98. The van der Waals surface area contributed by atoms with Gasteiger partial charge in [-0.1, -0.05) is 27.7 Å². The Morgan fingerprint density at radius 3 is 2.15 bits per heavy atom. The number of carbonyl (C=O) groups excluding carboxylic acids is 2. The fourth-order valence-electron chi connectivity index (χ4n) is 3.98. The van der Waals surface area contributed by atoms with Crippen LogP contribution in [0.2, 0.25) is 0 Å². The van der Waals surface area contributed by atoms with Gasteiger partial charge in [0.2, 0.25) is 5.91 Å². The first-order valence-electron chi connectivity index (χ1n) is 10.2. The number of hydrogen-bond donors (Lipinski definition) is 2. The maximum absolute atomic E-state index is 12.6. The molecule has 0 saturated carbocycles. The number of rotatable bonds is 7. The lowest BCUT2D eigenvalue weighted by atomic mass is 9.99. The van der Waals surface area contributed by atoms with E-state index in [0.29, 0.717) is 37.1 Å². The van der Waals surface area contributed by atoms with Gasteiger partial charge < -0.3 is 20.5 Å². The maximum Gasteiger partial charge on any atom is 0.317 e. The Kier molecular flexibility index (Phi) is 7.47. The molecule has 0 bridgehead atoms. The summed E-state index contributed by atoms with van der Waals surface area (Å²) in [4.78, 5) is 28.8. The molecule has 148 valence electrons. The molecule has 2 N–H and O–H groups in total. The van der Waals surface area contributed by atoms with Gasteiger partial charge in [-0.2, -0.15) is 0 Å². The van der Waals surface area contributed by atoms with E-state index in [0.717, 1.165) is 38.6 Å². The van der Waals surface area contributed by atoms with Crippen molar-refractivity contribution in [3.63, 3.8) is 0 Å². The van der Waals surface area contributed by atoms with Gasteiger partial charge in [0.25, 0.3) is 0 Å². The zero-order valence-electron chi connectivity index (χ0n) is 16.9. The number of urea groups is 1. The van der Waals surface area contributed by atoms with Crippen LogP contribution in [0.3, 0.4) is 0 Å². The lowest BCUT2D eigenvalue weighted by Crippen LogP contribution is -2.52. The summed E-state index contributed by atoms with van der Waals surface area (Å²) in [5, 5.41) is 11.7. The third-order valence-corrected chi connectivity index (χ3v) is 5.39. The van der Waals surface area contributed by atoms with Crippen LogP contribution in [0.1, 0.15) is 66.2 Å². The van der Waals surface area contributed by atoms with Crippen LogP contribution in [-0.2, 0) is 4.79 Å². The van der Waals surface area contributed by atoms with Crippen molar-refractivity contribution in [2.75, 3.05) is 19.6 Å². The van der Waals surface area contributed by atoms with Gasteiger partial charge in [-0.05, 0) is 43.9 Å². The van der Waals surface area contributed by atoms with Crippen molar-refractivity contribution in [3.05, 3.63) is 0 Å². The van der Waals surface area contributed by atoms with Crippen LogP contribution in [-0.4, -0.2) is 59.2 Å². The molecule has 6 nitrogen and oxygen atoms in total. The van der Waals surface area contributed by atoms with Gasteiger partial charge in [0.15, 0.2) is 0 Å². The van der Waals surface area contributed by atoms with Crippen LogP contribution in [0.5, 0.6) is 0 Å². The van der Waals surface area contributed by atoms with E-state index >= 15 is 0 Å². The largest absolute Gasteiger partial charge is 0.338 e. The molecule has 0 aromatic carbocycles. The van der Waals surface area contributed by atoms with Gasteiger partial charge in [0.1, 0.15) is 0 Å². The summed E-state index contributed by atoms with van der Waals surface area (Å²) in [5.41, 5.74) is 0.552. The second-order valence-electron chi connectivity index (χ2n) is 8.56. The van der Waals surface area contributed by atoms with Crippen molar-refractivity contribution in [1.29, 1.82) is 5.41 Å². The number of nitrogens with zero attached hydrogens (tertiary/aromatic N) is 2. The smallest absolute Gasteiger partial charge is 0.317 e. The van der Waals surface area contributed by atoms with E-state index in [9.17, 15) is 9.59 Å². The quantitative estimate of drug-likeness (QED) is 0.680. The molecule has 2 heterocycles. The van der Waals surface area contributed by atoms with Gasteiger partial charge in [0.05, 0.1) is 17.8 Å². The zero-order valence-corrected chi connectivity index (χ0v) is 16.9. The first kappa shape index (κ1) is 20.7. The van der Waals surface area contributed by atoms with Crippen LogP contribution in [0.15, 0.2) is 0 Å². The zero-order chi connectivity index (χ0) is 19.3. The molecule has 2 rings (SSSR count). The molecule has 2 atom stereocenters. The van der Waals surface area contributed by atoms with E-state index < -0.39 is 0 Å². The average Bonchev–Trinajstić information content (AvgIpc) is 3.22. The molecule has 2 fully saturated rings. The van der Waals surface area contributed by atoms with Gasteiger partial charge >= 0.3 is 6.03 Å². The molecular formula is C20H36N4O2. The lowest BCUT2D eigenvalue weighted by molar-refractivity contribution is -0.131. The van der Waals surface area contributed by atoms with Gasteiger partial charge in [0, 0.05) is 26.1 Å². The fraction of sp³-hybridized carbons (Fsp3) is 0.850. The normalized spacial score (nSPS) is 23.2. The molecular weight excluding hydrogens is 328 g/mol. The Bertz CT molecular complexity index is 518. The summed E-state index contributed by atoms with van der Waals surface area (Å²) < 4.78 is 0. The minimum Gasteiger partial charge on any atom is -0.338 e. The number of carbonyl (C=O) groups is 2. The lowest BCUT2D eigenvalue weighted by Gasteiger charge is -2.32. The molecule has 2 aliphatic rings. The van der Waals surface area contributed by atoms with E-state index in [4.69, 9.17) is 5.41 Å². The highest BCUT2D eigenvalue weighted by Gasteiger charge is 2.39. The van der Waals surface area contributed by atoms with E-state index in [2.05, 4.69) is 33.0 Å². The van der Waals surface area contributed by atoms with E-state index in [1.54, 1.807) is 0 Å². The Balaban J connectivity index is 1.98. The minimum atomic E-state index is -0.161. The van der Waals surface area contributed by atoms with Crippen molar-refractivity contribution in [2.24, 2.45) is 11.8 Å². The van der Waals surface area contributed by atoms with Gasteiger partial charge in [-0.15, -0.1) is 0 Å². The molecule has 0 radical (unpaired) electrons. The second-order valence-corrected chi connectivity index (χ2v) is 8.56. The van der Waals surface area contributed by atoms with Gasteiger partial charge in [-0.25, -0.2) is 4.79 Å². The van der Waals surface area contributed by atoms with Crippen LogP contribution in [0, 0.1) is 17.2 Å². The molecule has 1 unspecified atom stereocenters. The number of hydrogen-bond acceptors (Lipinski definition) is 3. The Morgan fingerprint density at radius 2 is 1.58 bits per heavy atom. The molecule has 3 amide bonds. The number of likely N-dealkylation sites (tertiary alicyclic amines) is 2. The van der Waals surface area contributed by atoms with Crippen LogP contribution < -0.4 is 5.32 Å². The summed E-state index contributed by atoms with van der Waals surface area (Å²) >= 11 is 0. The molecule has 2 aliphatic heterocycles. The van der Waals surface area contributed by atoms with Gasteiger partial charge in [-0.3, -0.25) is 4.79 Å². The standard InChI is InChI=1S/C20H36N4O2/c1-14(2)9-10-22-20(26)24-12-6-8-17(24)19(21)16-7-5-11-23(16)18(25)13-15(3)4/h14-17,21H,5-13H2,1-4H3,(H,22,26)/t16-,17?/m0/s1. The predicted molar refractivity (Wildman–Crippen MR) is 104 cm³/mol. The van der Waals surface area contributed by atoms with Crippen LogP contribution in [0.25, 0.3) is 0 Å². The first-order valence-corrected chi connectivity index (χ1v) is 10.2.